The minimum atomic E-state index is -3.69. The Balaban J connectivity index is 1.31. The van der Waals surface area contributed by atoms with E-state index in [9.17, 15) is 13.2 Å². The van der Waals surface area contributed by atoms with E-state index >= 15 is 0 Å². The molecule has 0 spiro atoms. The average Bonchev–Trinajstić information content (AvgIpc) is 3.42. The Morgan fingerprint density at radius 2 is 1.49 bits per heavy atom. The molecule has 39 heavy (non-hydrogen) atoms. The smallest absolute Gasteiger partial charge is 0.261 e. The van der Waals surface area contributed by atoms with Crippen LogP contribution in [0.1, 0.15) is 10.8 Å². The first-order chi connectivity index (χ1) is 18.9. The van der Waals surface area contributed by atoms with Crippen LogP contribution in [0.2, 0.25) is 0 Å². The number of carbonyl (C=O) groups is 1. The third kappa shape index (κ3) is 6.96. The summed E-state index contributed by atoms with van der Waals surface area (Å²) < 4.78 is 28.9. The molecule has 1 aromatic heterocycles. The van der Waals surface area contributed by atoms with Gasteiger partial charge in [-0.3, -0.25) is 9.52 Å². The molecule has 5 rings (SSSR count). The van der Waals surface area contributed by atoms with Gasteiger partial charge in [-0.25, -0.2) is 13.4 Å². The van der Waals surface area contributed by atoms with Gasteiger partial charge < -0.3 is 5.32 Å². The number of aromatic nitrogens is 1. The number of carbonyl (C=O) groups excluding carboxylic acids is 1. The Kier molecular flexibility index (Phi) is 8.47. The molecule has 5 aromatic rings. The van der Waals surface area contributed by atoms with Crippen molar-refractivity contribution in [3.63, 3.8) is 0 Å². The van der Waals surface area contributed by atoms with Crippen molar-refractivity contribution < 1.29 is 13.2 Å². The number of rotatable bonds is 9. The summed E-state index contributed by atoms with van der Waals surface area (Å²) >= 11 is 6.19. The maximum absolute atomic E-state index is 13.5. The zero-order valence-electron chi connectivity index (χ0n) is 20.3. The minimum absolute atomic E-state index is 0.190. The molecule has 1 amide bonds. The van der Waals surface area contributed by atoms with Gasteiger partial charge in [0, 0.05) is 26.0 Å². The second kappa shape index (κ2) is 12.2. The SMILES string of the molecule is O=C(Nc1nc(-c2ccc(Br)cc2)cs1)C(Sc1ccc(NS(=O)(=O)c2ccccc2)cc1)c1ccccc1. The number of thiazole rings is 1. The Morgan fingerprint density at radius 1 is 0.846 bits per heavy atom. The average molecular weight is 637 g/mol. The Labute approximate surface area is 243 Å². The lowest BCUT2D eigenvalue weighted by Crippen LogP contribution is -2.19. The van der Waals surface area contributed by atoms with Gasteiger partial charge in [0.15, 0.2) is 5.13 Å². The van der Waals surface area contributed by atoms with E-state index in [2.05, 4.69) is 31.0 Å². The van der Waals surface area contributed by atoms with Gasteiger partial charge in [0.1, 0.15) is 5.25 Å². The van der Waals surface area contributed by atoms with Crippen LogP contribution >= 0.6 is 39.0 Å². The molecular weight excluding hydrogens is 614 g/mol. The molecule has 0 aliphatic heterocycles. The molecule has 1 heterocycles. The van der Waals surface area contributed by atoms with E-state index in [1.54, 1.807) is 54.6 Å². The molecule has 0 bridgehead atoms. The van der Waals surface area contributed by atoms with E-state index in [1.807, 2.05) is 60.0 Å². The van der Waals surface area contributed by atoms with Crippen molar-refractivity contribution in [2.75, 3.05) is 10.0 Å². The van der Waals surface area contributed by atoms with Crippen molar-refractivity contribution in [1.29, 1.82) is 0 Å². The molecule has 1 atom stereocenters. The van der Waals surface area contributed by atoms with Gasteiger partial charge in [-0.1, -0.05) is 76.6 Å². The van der Waals surface area contributed by atoms with E-state index in [0.717, 1.165) is 26.2 Å². The lowest BCUT2D eigenvalue weighted by molar-refractivity contribution is -0.115. The molecule has 0 fully saturated rings. The Morgan fingerprint density at radius 3 is 2.15 bits per heavy atom. The topological polar surface area (TPSA) is 88.2 Å². The standard InChI is InChI=1S/C29H22BrN3O3S3/c30-22-13-11-20(12-14-22)26-19-37-29(31-26)32-28(34)27(21-7-3-1-4-8-21)38-24-17-15-23(16-18-24)33-39(35,36)25-9-5-2-6-10-25/h1-19,27,33H,(H,31,32,34). The van der Waals surface area contributed by atoms with Crippen LogP contribution in [-0.2, 0) is 14.8 Å². The Hall–Kier alpha value is -3.44. The summed E-state index contributed by atoms with van der Waals surface area (Å²) in [7, 11) is -3.69. The second-order valence-corrected chi connectivity index (χ2v) is 13.0. The number of sulfonamides is 1. The third-order valence-electron chi connectivity index (χ3n) is 5.63. The van der Waals surface area contributed by atoms with Gasteiger partial charge in [-0.15, -0.1) is 23.1 Å². The number of halogens is 1. The van der Waals surface area contributed by atoms with E-state index in [-0.39, 0.29) is 10.8 Å². The van der Waals surface area contributed by atoms with Gasteiger partial charge in [0.2, 0.25) is 5.91 Å². The van der Waals surface area contributed by atoms with Gasteiger partial charge in [0.25, 0.3) is 10.0 Å². The van der Waals surface area contributed by atoms with E-state index in [1.165, 1.54) is 23.1 Å². The van der Waals surface area contributed by atoms with Crippen LogP contribution in [0.15, 0.2) is 129 Å². The van der Waals surface area contributed by atoms with Gasteiger partial charge in [-0.2, -0.15) is 0 Å². The maximum Gasteiger partial charge on any atom is 0.261 e. The summed E-state index contributed by atoms with van der Waals surface area (Å²) in [5, 5.41) is 4.86. The first-order valence-corrected chi connectivity index (χ1v) is 15.8. The fourth-order valence-electron chi connectivity index (χ4n) is 3.71. The fourth-order valence-corrected chi connectivity index (χ4v) is 6.80. The summed E-state index contributed by atoms with van der Waals surface area (Å²) in [6.45, 7) is 0. The predicted octanol–water partition coefficient (Wildman–Crippen LogP) is 7.85. The van der Waals surface area contributed by atoms with Crippen molar-refractivity contribution in [3.05, 3.63) is 125 Å². The summed E-state index contributed by atoms with van der Waals surface area (Å²) in [5.74, 6) is -0.197. The quantitative estimate of drug-likeness (QED) is 0.161. The second-order valence-electron chi connectivity index (χ2n) is 8.39. The van der Waals surface area contributed by atoms with E-state index in [4.69, 9.17) is 0 Å². The van der Waals surface area contributed by atoms with Crippen LogP contribution in [-0.4, -0.2) is 19.3 Å². The highest BCUT2D eigenvalue weighted by atomic mass is 79.9. The first kappa shape index (κ1) is 27.1. The van der Waals surface area contributed by atoms with Gasteiger partial charge >= 0.3 is 0 Å². The molecule has 0 saturated heterocycles. The van der Waals surface area contributed by atoms with Crippen LogP contribution in [0.3, 0.4) is 0 Å². The van der Waals surface area contributed by atoms with Crippen LogP contribution in [0.4, 0.5) is 10.8 Å². The molecule has 4 aromatic carbocycles. The number of anilines is 2. The van der Waals surface area contributed by atoms with Crippen molar-refractivity contribution in [2.45, 2.75) is 15.0 Å². The van der Waals surface area contributed by atoms with E-state index in [0.29, 0.717) is 10.8 Å². The van der Waals surface area contributed by atoms with Gasteiger partial charge in [-0.05, 0) is 54.1 Å². The number of hydrogen-bond donors (Lipinski definition) is 2. The Bertz CT molecular complexity index is 1660. The molecule has 2 N–H and O–H groups in total. The number of amides is 1. The highest BCUT2D eigenvalue weighted by Gasteiger charge is 2.23. The van der Waals surface area contributed by atoms with Crippen LogP contribution in [0.25, 0.3) is 11.3 Å². The van der Waals surface area contributed by atoms with Crippen molar-refractivity contribution in [2.24, 2.45) is 0 Å². The van der Waals surface area contributed by atoms with Crippen LogP contribution in [0, 0.1) is 0 Å². The van der Waals surface area contributed by atoms with Crippen molar-refractivity contribution in [1.82, 2.24) is 4.98 Å². The molecule has 1 unspecified atom stereocenters. The zero-order valence-corrected chi connectivity index (χ0v) is 24.4. The summed E-state index contributed by atoms with van der Waals surface area (Å²) in [6, 6.07) is 32.5. The monoisotopic (exact) mass is 635 g/mol. The predicted molar refractivity (Wildman–Crippen MR) is 163 cm³/mol. The van der Waals surface area contributed by atoms with Crippen LogP contribution < -0.4 is 10.0 Å². The zero-order chi connectivity index (χ0) is 27.2. The number of nitrogens with zero attached hydrogens (tertiary/aromatic N) is 1. The van der Waals surface area contributed by atoms with Crippen LogP contribution in [0.5, 0.6) is 0 Å². The summed E-state index contributed by atoms with van der Waals surface area (Å²) in [6.07, 6.45) is 0. The van der Waals surface area contributed by atoms with Crippen molar-refractivity contribution in [3.8, 4) is 11.3 Å². The molecule has 6 nitrogen and oxygen atoms in total. The largest absolute Gasteiger partial charge is 0.301 e. The number of hydrogen-bond acceptors (Lipinski definition) is 6. The molecule has 0 aliphatic rings. The maximum atomic E-state index is 13.5. The van der Waals surface area contributed by atoms with E-state index < -0.39 is 15.3 Å². The highest BCUT2D eigenvalue weighted by molar-refractivity contribution is 9.10. The molecule has 0 aliphatic carbocycles. The molecule has 196 valence electrons. The number of thioether (sulfide) groups is 1. The lowest BCUT2D eigenvalue weighted by atomic mass is 10.1. The first-order valence-electron chi connectivity index (χ1n) is 11.8. The molecule has 10 heteroatoms. The summed E-state index contributed by atoms with van der Waals surface area (Å²) in [5.41, 5.74) is 3.04. The third-order valence-corrected chi connectivity index (χ3v) is 9.58. The summed E-state index contributed by atoms with van der Waals surface area (Å²) in [4.78, 5) is 19.1. The minimum Gasteiger partial charge on any atom is -0.301 e. The van der Waals surface area contributed by atoms with Crippen molar-refractivity contribution >= 4 is 65.8 Å². The highest BCUT2D eigenvalue weighted by Crippen LogP contribution is 2.37. The van der Waals surface area contributed by atoms with Gasteiger partial charge in [0.05, 0.1) is 10.6 Å². The molecule has 0 saturated carbocycles. The normalized spacial score (nSPS) is 12.0. The fraction of sp³-hybridized carbons (Fsp3) is 0.0345. The lowest BCUT2D eigenvalue weighted by Gasteiger charge is -2.16. The molecular formula is C29H22BrN3O3S3. The number of benzene rings is 4. The molecule has 0 radical (unpaired) electrons. The number of nitrogens with one attached hydrogen (secondary N) is 2.